The van der Waals surface area contributed by atoms with Gasteiger partial charge in [-0.3, -0.25) is 9.19 Å². The Kier molecular flexibility index (Phi) is 6.18. The predicted molar refractivity (Wildman–Crippen MR) is 83.5 cm³/mol. The van der Waals surface area contributed by atoms with Crippen molar-refractivity contribution in [1.82, 2.24) is 9.71 Å². The highest BCUT2D eigenvalue weighted by Gasteiger charge is 2.15. The largest absolute Gasteiger partial charge is 0.388 e. The van der Waals surface area contributed by atoms with Crippen molar-refractivity contribution in [2.45, 2.75) is 23.5 Å². The van der Waals surface area contributed by atoms with E-state index in [9.17, 15) is 12.6 Å². The summed E-state index contributed by atoms with van der Waals surface area (Å²) < 4.78 is 37.6. The standard InChI is InChI=1S/C11H17N3O3S3/c1-8(19(2)15)5-6-14-20(16,17)9-3-4-10(11(12)18)13-7-9/h3-4,7-8,14H,5-6H2,1-2H3,(H2,12,18). The Morgan fingerprint density at radius 3 is 2.65 bits per heavy atom. The number of rotatable bonds is 7. The molecule has 20 heavy (non-hydrogen) atoms. The van der Waals surface area contributed by atoms with Crippen LogP contribution in [0.15, 0.2) is 23.2 Å². The molecule has 1 heterocycles. The molecule has 2 unspecified atom stereocenters. The maximum Gasteiger partial charge on any atom is 0.242 e. The fourth-order valence-electron chi connectivity index (χ4n) is 1.33. The molecule has 0 saturated heterocycles. The highest BCUT2D eigenvalue weighted by Crippen LogP contribution is 2.08. The smallest absolute Gasteiger partial charge is 0.242 e. The summed E-state index contributed by atoms with van der Waals surface area (Å²) in [6.45, 7) is 2.03. The molecule has 1 aromatic heterocycles. The molecule has 0 radical (unpaired) electrons. The van der Waals surface area contributed by atoms with Gasteiger partial charge in [0.25, 0.3) is 0 Å². The Labute approximate surface area is 126 Å². The predicted octanol–water partition coefficient (Wildman–Crippen LogP) is 0.151. The average molecular weight is 335 g/mol. The summed E-state index contributed by atoms with van der Waals surface area (Å²) in [4.78, 5) is 4.04. The van der Waals surface area contributed by atoms with Crippen LogP contribution in [0.4, 0.5) is 0 Å². The molecule has 0 aromatic carbocycles. The van der Waals surface area contributed by atoms with Gasteiger partial charge in [-0.15, -0.1) is 0 Å². The van der Waals surface area contributed by atoms with Crippen LogP contribution >= 0.6 is 12.2 Å². The first-order chi connectivity index (χ1) is 9.24. The Hall–Kier alpha value is -0.900. The second-order valence-corrected chi connectivity index (χ2v) is 8.25. The third kappa shape index (κ3) is 4.89. The monoisotopic (exact) mass is 335 g/mol. The van der Waals surface area contributed by atoms with E-state index in [4.69, 9.17) is 18.0 Å². The van der Waals surface area contributed by atoms with Crippen LogP contribution in [0, 0.1) is 0 Å². The molecule has 0 spiro atoms. The lowest BCUT2D eigenvalue weighted by molar-refractivity contribution is 0.577. The number of thiocarbonyl (C=S) groups is 1. The molecular formula is C11H17N3O3S3. The van der Waals surface area contributed by atoms with Gasteiger partial charge in [0.15, 0.2) is 0 Å². The summed E-state index contributed by atoms with van der Waals surface area (Å²) in [5.41, 5.74) is 5.76. The third-order valence-corrected chi connectivity index (χ3v) is 5.73. The quantitative estimate of drug-likeness (QED) is 0.688. The Bertz CT molecular complexity index is 599. The molecular weight excluding hydrogens is 318 g/mol. The average Bonchev–Trinajstić information content (AvgIpc) is 2.38. The minimum Gasteiger partial charge on any atom is -0.388 e. The highest BCUT2D eigenvalue weighted by molar-refractivity contribution is 7.89. The second kappa shape index (κ2) is 7.21. The number of nitrogens with zero attached hydrogens (tertiary/aromatic N) is 1. The van der Waals surface area contributed by atoms with E-state index in [1.165, 1.54) is 18.3 Å². The molecule has 9 heteroatoms. The SMILES string of the molecule is CC(CCNS(=O)(=O)c1ccc(C(N)=S)nc1)S(C)=O. The molecule has 0 fully saturated rings. The normalized spacial score (nSPS) is 14.7. The number of nitrogens with two attached hydrogens (primary N) is 1. The van der Waals surface area contributed by atoms with Crippen LogP contribution in [0.3, 0.4) is 0 Å². The summed E-state index contributed by atoms with van der Waals surface area (Å²) in [7, 11) is -4.59. The van der Waals surface area contributed by atoms with Crippen molar-refractivity contribution >= 4 is 38.0 Å². The summed E-state index contributed by atoms with van der Waals surface area (Å²) in [5.74, 6) is 0. The molecule has 2 atom stereocenters. The Morgan fingerprint density at radius 1 is 1.55 bits per heavy atom. The second-order valence-electron chi connectivity index (χ2n) is 4.24. The highest BCUT2D eigenvalue weighted by atomic mass is 32.2. The Balaban J connectivity index is 2.69. The van der Waals surface area contributed by atoms with Gasteiger partial charge in [-0.05, 0) is 18.6 Å². The van der Waals surface area contributed by atoms with Gasteiger partial charge in [-0.25, -0.2) is 13.1 Å². The van der Waals surface area contributed by atoms with Gasteiger partial charge in [0.2, 0.25) is 10.0 Å². The molecule has 112 valence electrons. The summed E-state index contributed by atoms with van der Waals surface area (Å²) >= 11 is 4.74. The van der Waals surface area contributed by atoms with Gasteiger partial charge in [0, 0.05) is 35.0 Å². The van der Waals surface area contributed by atoms with Gasteiger partial charge in [-0.1, -0.05) is 19.1 Å². The number of hydrogen-bond donors (Lipinski definition) is 2. The minimum absolute atomic E-state index is 0.0442. The van der Waals surface area contributed by atoms with Crippen molar-refractivity contribution in [3.05, 3.63) is 24.0 Å². The van der Waals surface area contributed by atoms with Crippen LogP contribution in [0.25, 0.3) is 0 Å². The van der Waals surface area contributed by atoms with Crippen molar-refractivity contribution in [2.24, 2.45) is 5.73 Å². The Morgan fingerprint density at radius 2 is 2.20 bits per heavy atom. The summed E-state index contributed by atoms with van der Waals surface area (Å²) in [6.07, 6.45) is 3.30. The van der Waals surface area contributed by atoms with Crippen LogP contribution in [-0.4, -0.2) is 40.6 Å². The van der Waals surface area contributed by atoms with E-state index in [2.05, 4.69) is 9.71 Å². The lowest BCUT2D eigenvalue weighted by Crippen LogP contribution is -2.28. The van der Waals surface area contributed by atoms with Crippen LogP contribution in [0.1, 0.15) is 19.0 Å². The molecule has 0 aliphatic heterocycles. The number of pyridine rings is 1. The number of aromatic nitrogens is 1. The summed E-state index contributed by atoms with van der Waals surface area (Å²) in [6, 6.07) is 2.85. The molecule has 0 saturated carbocycles. The van der Waals surface area contributed by atoms with Gasteiger partial charge < -0.3 is 5.73 Å². The molecule has 6 nitrogen and oxygen atoms in total. The molecule has 0 bridgehead atoms. The van der Waals surface area contributed by atoms with E-state index < -0.39 is 20.8 Å². The van der Waals surface area contributed by atoms with E-state index in [1.807, 2.05) is 6.92 Å². The number of sulfonamides is 1. The van der Waals surface area contributed by atoms with Crippen LogP contribution in [-0.2, 0) is 20.8 Å². The van der Waals surface area contributed by atoms with Gasteiger partial charge in [0.1, 0.15) is 9.88 Å². The zero-order valence-corrected chi connectivity index (χ0v) is 13.6. The van der Waals surface area contributed by atoms with E-state index in [1.54, 1.807) is 6.26 Å². The van der Waals surface area contributed by atoms with Crippen molar-refractivity contribution < 1.29 is 12.6 Å². The first kappa shape index (κ1) is 17.2. The van der Waals surface area contributed by atoms with Crippen LogP contribution < -0.4 is 10.5 Å². The molecule has 3 N–H and O–H groups in total. The lowest BCUT2D eigenvalue weighted by atomic mass is 10.3. The zero-order valence-electron chi connectivity index (χ0n) is 11.2. The fourth-order valence-corrected chi connectivity index (χ4v) is 2.89. The molecule has 1 aromatic rings. The first-order valence-corrected chi connectivity index (χ1v) is 9.33. The first-order valence-electron chi connectivity index (χ1n) is 5.82. The van der Waals surface area contributed by atoms with E-state index >= 15 is 0 Å². The molecule has 0 aliphatic rings. The van der Waals surface area contributed by atoms with Gasteiger partial charge in [-0.2, -0.15) is 0 Å². The maximum absolute atomic E-state index is 12.0. The minimum atomic E-state index is -3.62. The van der Waals surface area contributed by atoms with Crippen molar-refractivity contribution in [2.75, 3.05) is 12.8 Å². The lowest BCUT2D eigenvalue weighted by Gasteiger charge is -2.10. The fraction of sp³-hybridized carbons (Fsp3) is 0.455. The number of nitrogens with one attached hydrogen (secondary N) is 1. The van der Waals surface area contributed by atoms with Gasteiger partial charge >= 0.3 is 0 Å². The topological polar surface area (TPSA) is 102 Å². The zero-order chi connectivity index (χ0) is 15.3. The van der Waals surface area contributed by atoms with E-state index in [-0.39, 0.29) is 21.7 Å². The molecule has 1 rings (SSSR count). The van der Waals surface area contributed by atoms with Crippen molar-refractivity contribution in [3.63, 3.8) is 0 Å². The van der Waals surface area contributed by atoms with Gasteiger partial charge in [0.05, 0.1) is 5.69 Å². The van der Waals surface area contributed by atoms with E-state index in [0.29, 0.717) is 12.1 Å². The molecule has 0 aliphatic carbocycles. The van der Waals surface area contributed by atoms with Crippen molar-refractivity contribution in [1.29, 1.82) is 0 Å². The van der Waals surface area contributed by atoms with Crippen LogP contribution in [0.5, 0.6) is 0 Å². The van der Waals surface area contributed by atoms with Crippen molar-refractivity contribution in [3.8, 4) is 0 Å². The summed E-state index contributed by atoms with van der Waals surface area (Å²) in [5, 5.41) is -0.0622. The van der Waals surface area contributed by atoms with Crippen LogP contribution in [0.2, 0.25) is 0 Å². The van der Waals surface area contributed by atoms with E-state index in [0.717, 1.165) is 0 Å². The molecule has 0 amide bonds. The third-order valence-electron chi connectivity index (χ3n) is 2.71. The number of hydrogen-bond acceptors (Lipinski definition) is 5. The maximum atomic E-state index is 12.0.